The average molecular weight is 2040 g/mol. The van der Waals surface area contributed by atoms with Crippen molar-refractivity contribution in [3.63, 3.8) is 0 Å². The summed E-state index contributed by atoms with van der Waals surface area (Å²) in [4.78, 5) is 50.9. The van der Waals surface area contributed by atoms with Crippen LogP contribution in [0.15, 0.2) is 194 Å². The van der Waals surface area contributed by atoms with Crippen LogP contribution in [0.5, 0.6) is 0 Å². The molecule has 1 saturated carbocycles. The van der Waals surface area contributed by atoms with E-state index in [1.165, 1.54) is 0 Å². The van der Waals surface area contributed by atoms with Crippen LogP contribution in [-0.4, -0.2) is 192 Å². The van der Waals surface area contributed by atoms with Crippen LogP contribution in [0.1, 0.15) is 57.3 Å². The number of carboxylic acids is 4. The number of amides is 1. The van der Waals surface area contributed by atoms with Gasteiger partial charge in [-0.3, -0.25) is 4.79 Å². The second-order valence-electron chi connectivity index (χ2n) is 28.9. The van der Waals surface area contributed by atoms with E-state index in [0.717, 1.165) is 38.9 Å². The van der Waals surface area contributed by atoms with Crippen molar-refractivity contribution in [1.82, 2.24) is 5.32 Å². The van der Waals surface area contributed by atoms with Gasteiger partial charge in [0.05, 0.1) is 71.5 Å². The standard InChI is InChI=1S/C78H83Cl8N5O13.4C2HF3O2/c79-54-17-1-46(2-18-54)37-93-45-66-70(95-39-48-5-21-56(81)22-6-48)67(90)72(97-41-50-9-25-58(83)26-10-50)77(102-66)104-69-63(91-76(92)64(33-34-87)94-38-47-3-19-55(80)20-4-47)35-62(89)68(73(69)98-42-51-11-27-59(84)28-12-51)103-78-75(100-44-53-15-31-61(86)32-16-53)74(99-43-52-13-29-60(85)30-14-52)71(65(36-88)101-78)96-40-49-7-23-57(82)24-8-49;4*3-2(4,5)1(6)7/h1-32,62-75,77-78H,33-45,87-90H2,(H,91,92);4*(H,6,7)/t62-,63+,64?,65-,66-,67+,68+,69-,70-,71-,72-,73-,74+,75-,77-,78-;;;;/m1..../s1. The van der Waals surface area contributed by atoms with Crippen LogP contribution in [0, 0.1) is 0 Å². The summed E-state index contributed by atoms with van der Waals surface area (Å²) in [6, 6.07) is 54.9. The summed E-state index contributed by atoms with van der Waals surface area (Å²) < 4.78 is 211. The summed E-state index contributed by atoms with van der Waals surface area (Å²) in [6.45, 7) is 0.419. The molecule has 132 heavy (non-hydrogen) atoms. The van der Waals surface area contributed by atoms with Gasteiger partial charge in [0.15, 0.2) is 12.6 Å². The van der Waals surface area contributed by atoms with Crippen LogP contribution in [0.25, 0.3) is 0 Å². The van der Waals surface area contributed by atoms with Gasteiger partial charge in [-0.15, -0.1) is 0 Å². The molecule has 8 aromatic rings. The number of halogens is 20. The lowest BCUT2D eigenvalue weighted by Gasteiger charge is -2.51. The molecular formula is C86H87Cl8F12N5O21. The second-order valence-corrected chi connectivity index (χ2v) is 32.4. The Hall–Kier alpha value is -8.05. The van der Waals surface area contributed by atoms with Gasteiger partial charge in [-0.2, -0.15) is 52.7 Å². The number of hydrogen-bond acceptors (Lipinski definition) is 21. The highest BCUT2D eigenvalue weighted by molar-refractivity contribution is 6.32. The number of rotatable bonds is 34. The maximum Gasteiger partial charge on any atom is 0.490 e. The molecule has 1 aliphatic carbocycles. The molecule has 0 aromatic heterocycles. The molecule has 0 radical (unpaired) electrons. The molecule has 13 N–H and O–H groups in total. The van der Waals surface area contributed by atoms with E-state index in [9.17, 15) is 52.7 Å². The van der Waals surface area contributed by atoms with E-state index in [1.54, 1.807) is 97.1 Å². The van der Waals surface area contributed by atoms with Crippen molar-refractivity contribution < 1.29 is 154 Å². The van der Waals surface area contributed by atoms with Gasteiger partial charge >= 0.3 is 48.6 Å². The Bertz CT molecular complexity index is 4760. The van der Waals surface area contributed by atoms with E-state index in [-0.39, 0.29) is 85.4 Å². The summed E-state index contributed by atoms with van der Waals surface area (Å²) in [5, 5.41) is 36.1. The number of ether oxygens (including phenoxy) is 12. The quantitative estimate of drug-likeness (QED) is 0.0169. The molecular weight excluding hydrogens is 1950 g/mol. The number of benzene rings is 8. The molecule has 3 aliphatic rings. The van der Waals surface area contributed by atoms with Crippen molar-refractivity contribution in [3.8, 4) is 0 Å². The molecule has 2 saturated heterocycles. The van der Waals surface area contributed by atoms with Gasteiger partial charge in [0.1, 0.15) is 67.1 Å². The van der Waals surface area contributed by atoms with Crippen molar-refractivity contribution in [2.24, 2.45) is 22.9 Å². The van der Waals surface area contributed by atoms with Gasteiger partial charge in [0.2, 0.25) is 5.91 Å². The molecule has 0 bridgehead atoms. The minimum atomic E-state index is -5.08. The number of hydrogen-bond donors (Lipinski definition) is 9. The second kappa shape index (κ2) is 53.5. The Balaban J connectivity index is 0.000000735. The minimum absolute atomic E-state index is 0.00839. The van der Waals surface area contributed by atoms with Crippen LogP contribution in [0.2, 0.25) is 40.2 Å². The zero-order valence-electron chi connectivity index (χ0n) is 68.5. The minimum Gasteiger partial charge on any atom is -0.475 e. The Morgan fingerprint density at radius 3 is 0.924 bits per heavy atom. The Labute approximate surface area is 786 Å². The van der Waals surface area contributed by atoms with Gasteiger partial charge < -0.3 is 106 Å². The van der Waals surface area contributed by atoms with Crippen molar-refractivity contribution in [2.75, 3.05) is 19.7 Å². The number of nitrogens with two attached hydrogens (primary N) is 4. The molecule has 11 rings (SSSR count). The highest BCUT2D eigenvalue weighted by Gasteiger charge is 2.56. The molecule has 722 valence electrons. The number of carbonyl (C=O) groups excluding carboxylic acids is 1. The van der Waals surface area contributed by atoms with Crippen LogP contribution in [-0.2, 0) is 134 Å². The van der Waals surface area contributed by atoms with Gasteiger partial charge in [0, 0.05) is 52.8 Å². The molecule has 3 fully saturated rings. The lowest BCUT2D eigenvalue weighted by Crippen LogP contribution is -2.70. The van der Waals surface area contributed by atoms with Crippen molar-refractivity contribution >= 4 is 123 Å². The summed E-state index contributed by atoms with van der Waals surface area (Å²) in [5.74, 6) is -11.5. The summed E-state index contributed by atoms with van der Waals surface area (Å²) in [7, 11) is 0. The maximum atomic E-state index is 15.3. The molecule has 46 heteroatoms. The number of aliphatic carboxylic acids is 4. The van der Waals surface area contributed by atoms with Crippen molar-refractivity contribution in [3.05, 3.63) is 279 Å². The first kappa shape index (κ1) is 111. The number of carboxylic acid groups (broad SMARTS) is 4. The lowest BCUT2D eigenvalue weighted by atomic mass is 9.83. The van der Waals surface area contributed by atoms with E-state index in [1.807, 2.05) is 97.1 Å². The van der Waals surface area contributed by atoms with E-state index in [2.05, 4.69) is 5.32 Å². The van der Waals surface area contributed by atoms with Crippen molar-refractivity contribution in [2.45, 2.75) is 188 Å². The van der Waals surface area contributed by atoms with E-state index < -0.39 is 152 Å². The van der Waals surface area contributed by atoms with E-state index >= 15 is 4.79 Å². The zero-order chi connectivity index (χ0) is 97.4. The van der Waals surface area contributed by atoms with E-state index in [0.29, 0.717) is 45.7 Å². The van der Waals surface area contributed by atoms with E-state index in [4.69, 9.17) is 212 Å². The monoisotopic (exact) mass is 2030 g/mol. The van der Waals surface area contributed by atoms with Crippen LogP contribution in [0.3, 0.4) is 0 Å². The summed E-state index contributed by atoms with van der Waals surface area (Å²) in [6.07, 6.45) is -34.6. The molecule has 2 aliphatic heterocycles. The zero-order valence-corrected chi connectivity index (χ0v) is 74.6. The van der Waals surface area contributed by atoms with Crippen LogP contribution < -0.4 is 28.3 Å². The molecule has 1 amide bonds. The predicted octanol–water partition coefficient (Wildman–Crippen LogP) is 17.1. The fourth-order valence-corrected chi connectivity index (χ4v) is 13.6. The molecule has 0 spiro atoms. The molecule has 26 nitrogen and oxygen atoms in total. The largest absolute Gasteiger partial charge is 0.490 e. The fraction of sp³-hybridized carbons (Fsp3) is 0.384. The first-order chi connectivity index (χ1) is 62.2. The van der Waals surface area contributed by atoms with Gasteiger partial charge in [0.25, 0.3) is 0 Å². The number of alkyl halides is 12. The van der Waals surface area contributed by atoms with Crippen LogP contribution >= 0.6 is 92.8 Å². The third kappa shape index (κ3) is 37.6. The molecule has 8 aromatic carbocycles. The highest BCUT2D eigenvalue weighted by atomic mass is 35.5. The first-order valence-corrected chi connectivity index (χ1v) is 42.1. The number of carbonyl (C=O) groups is 5. The third-order valence-electron chi connectivity index (χ3n) is 19.1. The molecule has 2 heterocycles. The first-order valence-electron chi connectivity index (χ1n) is 39.1. The normalized spacial score (nSPS) is 22.2. The Morgan fingerprint density at radius 2 is 0.614 bits per heavy atom. The smallest absolute Gasteiger partial charge is 0.475 e. The van der Waals surface area contributed by atoms with Crippen LogP contribution in [0.4, 0.5) is 52.7 Å². The van der Waals surface area contributed by atoms with Gasteiger partial charge in [-0.1, -0.05) is 190 Å². The SMILES string of the molecule is NCCC(OCc1ccc(Cl)cc1)C(=O)N[C@H]1C[C@@H](N)[C@H](O[C@H]2O[C@H](CN)[C@@H](OCc3ccc(Cl)cc3)[C@H](OCc3ccc(Cl)cc3)[C@H]2OCc2ccc(Cl)cc2)[C@@H](OCc2ccc(Cl)cc2)[C@@H]1O[C@H]1O[C@H](COCc2ccc(Cl)cc2)[C@@H](OCc2ccc(Cl)cc2)[C@H](N)[C@H]1OCc1ccc(Cl)cc1.O=C(O)C(F)(F)F.O=C(O)C(F)(F)F.O=C(O)C(F)(F)F.O=C(O)C(F)(F)F. The predicted molar refractivity (Wildman–Crippen MR) is 458 cm³/mol. The molecule has 1 unspecified atom stereocenters. The summed E-state index contributed by atoms with van der Waals surface area (Å²) >= 11 is 51.1. The average Bonchev–Trinajstić information content (AvgIpc) is 0.760. The lowest BCUT2D eigenvalue weighted by molar-refractivity contribution is -0.351. The third-order valence-corrected chi connectivity index (χ3v) is 21.1. The number of nitrogens with one attached hydrogen (secondary N) is 1. The summed E-state index contributed by atoms with van der Waals surface area (Å²) in [5.41, 5.74) is 34.5. The fourth-order valence-electron chi connectivity index (χ4n) is 12.6. The topological polar surface area (TPSA) is 393 Å². The Kier molecular flexibility index (Phi) is 44.9. The Morgan fingerprint density at radius 1 is 0.356 bits per heavy atom. The maximum absolute atomic E-state index is 15.3. The highest BCUT2D eigenvalue weighted by Crippen LogP contribution is 2.39. The van der Waals surface area contributed by atoms with Gasteiger partial charge in [-0.05, 0) is 161 Å². The van der Waals surface area contributed by atoms with Gasteiger partial charge in [-0.25, -0.2) is 19.2 Å². The molecule has 16 atom stereocenters. The van der Waals surface area contributed by atoms with Crippen molar-refractivity contribution in [1.29, 1.82) is 0 Å².